The molecule has 0 fully saturated rings. The van der Waals surface area contributed by atoms with Crippen LogP contribution in [0.15, 0.2) is 25.8 Å². The maximum absolute atomic E-state index is 12.2. The van der Waals surface area contributed by atoms with Crippen LogP contribution in [0.25, 0.3) is 21.9 Å². The van der Waals surface area contributed by atoms with E-state index >= 15 is 0 Å². The number of benzene rings is 1. The van der Waals surface area contributed by atoms with Crippen LogP contribution in [0.1, 0.15) is 55.1 Å². The molecule has 0 radical (unpaired) electrons. The first-order valence-electron chi connectivity index (χ1n) is 10.3. The van der Waals surface area contributed by atoms with Crippen molar-refractivity contribution in [1.29, 1.82) is 0 Å². The van der Waals surface area contributed by atoms with Gasteiger partial charge in [-0.05, 0) is 45.2 Å². The molecule has 7 heteroatoms. The standard InChI is InChI=1S/C23H28N2O5/c1-5-9-24-19(26)7-6-8-20(27)25-12-18-15(4)29-23-14(3)22-16(11-17(18)23)13(2)10-21(28)30-22/h10-11H,5-9,12H2,1-4H3,(H,24,26)(H,25,27). The first-order valence-corrected chi connectivity index (χ1v) is 10.3. The molecule has 30 heavy (non-hydrogen) atoms. The van der Waals surface area contributed by atoms with Gasteiger partial charge in [-0.3, -0.25) is 9.59 Å². The molecule has 2 heterocycles. The van der Waals surface area contributed by atoms with Gasteiger partial charge in [0.25, 0.3) is 0 Å². The van der Waals surface area contributed by atoms with E-state index in [9.17, 15) is 14.4 Å². The van der Waals surface area contributed by atoms with Crippen LogP contribution in [-0.4, -0.2) is 18.4 Å². The molecule has 2 N–H and O–H groups in total. The van der Waals surface area contributed by atoms with Crippen LogP contribution < -0.4 is 16.3 Å². The summed E-state index contributed by atoms with van der Waals surface area (Å²) in [5.74, 6) is 0.583. The van der Waals surface area contributed by atoms with E-state index in [0.29, 0.717) is 49.3 Å². The minimum Gasteiger partial charge on any atom is -0.461 e. The maximum atomic E-state index is 12.2. The second kappa shape index (κ2) is 9.15. The molecule has 2 amide bonds. The molecule has 160 valence electrons. The molecule has 0 aliphatic heterocycles. The number of carbonyl (C=O) groups is 2. The summed E-state index contributed by atoms with van der Waals surface area (Å²) in [6, 6.07) is 3.42. The molecule has 7 nitrogen and oxygen atoms in total. The molecule has 0 aliphatic rings. The van der Waals surface area contributed by atoms with Gasteiger partial charge in [-0.1, -0.05) is 6.92 Å². The monoisotopic (exact) mass is 412 g/mol. The average Bonchev–Trinajstić information content (AvgIpc) is 3.01. The number of nitrogens with one attached hydrogen (secondary N) is 2. The van der Waals surface area contributed by atoms with Gasteiger partial charge >= 0.3 is 5.63 Å². The Morgan fingerprint density at radius 1 is 0.933 bits per heavy atom. The van der Waals surface area contributed by atoms with E-state index in [2.05, 4.69) is 10.6 Å². The van der Waals surface area contributed by atoms with E-state index in [0.717, 1.165) is 33.9 Å². The van der Waals surface area contributed by atoms with Crippen molar-refractivity contribution in [3.63, 3.8) is 0 Å². The highest BCUT2D eigenvalue weighted by Gasteiger charge is 2.18. The summed E-state index contributed by atoms with van der Waals surface area (Å²) in [4.78, 5) is 35.6. The smallest absolute Gasteiger partial charge is 0.336 e. The Bertz CT molecular complexity index is 1160. The van der Waals surface area contributed by atoms with Gasteiger partial charge in [0, 0.05) is 53.9 Å². The lowest BCUT2D eigenvalue weighted by atomic mass is 10.0. The summed E-state index contributed by atoms with van der Waals surface area (Å²) in [6.45, 7) is 8.58. The summed E-state index contributed by atoms with van der Waals surface area (Å²) in [6.07, 6.45) is 2.04. The van der Waals surface area contributed by atoms with Gasteiger partial charge in [0.05, 0.1) is 0 Å². The number of fused-ring (bicyclic) bond motifs is 2. The Labute approximate surface area is 174 Å². The van der Waals surface area contributed by atoms with Crippen molar-refractivity contribution in [1.82, 2.24) is 10.6 Å². The topological polar surface area (TPSA) is 102 Å². The van der Waals surface area contributed by atoms with Crippen molar-refractivity contribution in [2.24, 2.45) is 0 Å². The van der Waals surface area contributed by atoms with E-state index in [1.165, 1.54) is 6.07 Å². The lowest BCUT2D eigenvalue weighted by molar-refractivity contribution is -0.122. The van der Waals surface area contributed by atoms with Crippen molar-refractivity contribution in [3.8, 4) is 0 Å². The Morgan fingerprint density at radius 2 is 1.60 bits per heavy atom. The number of aryl methyl sites for hydroxylation is 3. The summed E-state index contributed by atoms with van der Waals surface area (Å²) < 4.78 is 11.3. The number of hydrogen-bond acceptors (Lipinski definition) is 5. The predicted molar refractivity (Wildman–Crippen MR) is 115 cm³/mol. The lowest BCUT2D eigenvalue weighted by Crippen LogP contribution is -2.25. The highest BCUT2D eigenvalue weighted by Crippen LogP contribution is 2.34. The van der Waals surface area contributed by atoms with Crippen molar-refractivity contribution in [3.05, 3.63) is 45.0 Å². The zero-order valence-corrected chi connectivity index (χ0v) is 17.9. The van der Waals surface area contributed by atoms with Gasteiger partial charge in [-0.2, -0.15) is 0 Å². The van der Waals surface area contributed by atoms with Crippen molar-refractivity contribution in [2.75, 3.05) is 6.54 Å². The highest BCUT2D eigenvalue weighted by molar-refractivity contribution is 6.00. The van der Waals surface area contributed by atoms with Crippen LogP contribution in [0, 0.1) is 20.8 Å². The fourth-order valence-corrected chi connectivity index (χ4v) is 3.61. The molecule has 3 aromatic rings. The zero-order valence-electron chi connectivity index (χ0n) is 17.9. The van der Waals surface area contributed by atoms with Gasteiger partial charge in [0.2, 0.25) is 11.8 Å². The predicted octanol–water partition coefficient (Wildman–Crippen LogP) is 3.78. The minimum atomic E-state index is -0.387. The molecule has 2 aromatic heterocycles. The largest absolute Gasteiger partial charge is 0.461 e. The molecule has 0 aliphatic carbocycles. The molecule has 0 saturated carbocycles. The lowest BCUT2D eigenvalue weighted by Gasteiger charge is -2.07. The van der Waals surface area contributed by atoms with E-state index in [1.54, 1.807) is 0 Å². The van der Waals surface area contributed by atoms with Crippen LogP contribution in [0.3, 0.4) is 0 Å². The Hall–Kier alpha value is -3.09. The maximum Gasteiger partial charge on any atom is 0.336 e. The quantitative estimate of drug-likeness (QED) is 0.548. The molecule has 0 spiro atoms. The van der Waals surface area contributed by atoms with Gasteiger partial charge in [-0.15, -0.1) is 0 Å². The molecule has 0 atom stereocenters. The highest BCUT2D eigenvalue weighted by atomic mass is 16.4. The minimum absolute atomic E-state index is 0.0225. The van der Waals surface area contributed by atoms with Gasteiger partial charge < -0.3 is 19.5 Å². The molecule has 0 unspecified atom stereocenters. The van der Waals surface area contributed by atoms with E-state index < -0.39 is 0 Å². The molecular formula is C23H28N2O5. The third kappa shape index (κ3) is 4.56. The van der Waals surface area contributed by atoms with E-state index in [1.807, 2.05) is 33.8 Å². The third-order valence-corrected chi connectivity index (χ3v) is 5.27. The second-order valence-electron chi connectivity index (χ2n) is 7.62. The van der Waals surface area contributed by atoms with Crippen LogP contribution in [-0.2, 0) is 16.1 Å². The summed E-state index contributed by atoms with van der Waals surface area (Å²) in [7, 11) is 0. The summed E-state index contributed by atoms with van der Waals surface area (Å²) in [5, 5.41) is 7.48. The molecule has 0 bridgehead atoms. The molecule has 0 saturated heterocycles. The Kier molecular flexibility index (Phi) is 6.59. The van der Waals surface area contributed by atoms with Gasteiger partial charge in [0.15, 0.2) is 0 Å². The van der Waals surface area contributed by atoms with E-state index in [-0.39, 0.29) is 17.4 Å². The number of hydrogen-bond donors (Lipinski definition) is 2. The fraction of sp³-hybridized carbons (Fsp3) is 0.435. The zero-order chi connectivity index (χ0) is 21.8. The second-order valence-corrected chi connectivity index (χ2v) is 7.62. The Balaban J connectivity index is 1.74. The van der Waals surface area contributed by atoms with Crippen LogP contribution in [0.4, 0.5) is 0 Å². The average molecular weight is 412 g/mol. The summed E-state index contributed by atoms with van der Waals surface area (Å²) in [5.41, 5.74) is 3.29. The van der Waals surface area contributed by atoms with Gasteiger partial charge in [0.1, 0.15) is 16.9 Å². The van der Waals surface area contributed by atoms with Crippen LogP contribution in [0.5, 0.6) is 0 Å². The third-order valence-electron chi connectivity index (χ3n) is 5.27. The molecular weight excluding hydrogens is 384 g/mol. The fourth-order valence-electron chi connectivity index (χ4n) is 3.61. The number of amides is 2. The van der Waals surface area contributed by atoms with Crippen molar-refractivity contribution >= 4 is 33.8 Å². The number of rotatable bonds is 8. The van der Waals surface area contributed by atoms with Crippen molar-refractivity contribution in [2.45, 2.75) is 59.9 Å². The Morgan fingerprint density at radius 3 is 2.30 bits per heavy atom. The van der Waals surface area contributed by atoms with Gasteiger partial charge in [-0.25, -0.2) is 4.79 Å². The molecule has 3 rings (SSSR count). The number of furan rings is 1. The first kappa shape index (κ1) is 21.6. The van der Waals surface area contributed by atoms with Crippen LogP contribution in [0.2, 0.25) is 0 Å². The SMILES string of the molecule is CCCNC(=O)CCCC(=O)NCc1c(C)oc2c(C)c3oc(=O)cc(C)c3cc12. The number of carbonyl (C=O) groups excluding carboxylic acids is 2. The summed E-state index contributed by atoms with van der Waals surface area (Å²) >= 11 is 0. The normalized spacial score (nSPS) is 11.2. The first-order chi connectivity index (χ1) is 14.3. The van der Waals surface area contributed by atoms with Crippen LogP contribution >= 0.6 is 0 Å². The van der Waals surface area contributed by atoms with E-state index in [4.69, 9.17) is 8.83 Å². The van der Waals surface area contributed by atoms with Crippen molar-refractivity contribution < 1.29 is 18.4 Å². The molecule has 1 aromatic carbocycles.